The van der Waals surface area contributed by atoms with E-state index < -0.39 is 6.04 Å². The zero-order valence-corrected chi connectivity index (χ0v) is 11.4. The van der Waals surface area contributed by atoms with Gasteiger partial charge in [0.25, 0.3) is 0 Å². The SMILES string of the molecule is CC(=O)NC(C(=O)Nc1n[nH]c(C)c1C)C(C)C. The van der Waals surface area contributed by atoms with Crippen LogP contribution in [0, 0.1) is 19.8 Å². The van der Waals surface area contributed by atoms with E-state index in [1.807, 2.05) is 27.7 Å². The minimum Gasteiger partial charge on any atom is -0.344 e. The van der Waals surface area contributed by atoms with Gasteiger partial charge in [-0.05, 0) is 19.8 Å². The fourth-order valence-corrected chi connectivity index (χ4v) is 1.56. The van der Waals surface area contributed by atoms with Crippen molar-refractivity contribution in [2.75, 3.05) is 5.32 Å². The minimum absolute atomic E-state index is 0.00856. The van der Waals surface area contributed by atoms with Crippen molar-refractivity contribution in [1.82, 2.24) is 15.5 Å². The van der Waals surface area contributed by atoms with Crippen LogP contribution in [0.2, 0.25) is 0 Å². The van der Waals surface area contributed by atoms with Gasteiger partial charge >= 0.3 is 0 Å². The van der Waals surface area contributed by atoms with E-state index in [0.29, 0.717) is 5.82 Å². The van der Waals surface area contributed by atoms with E-state index >= 15 is 0 Å². The maximum atomic E-state index is 12.1. The summed E-state index contributed by atoms with van der Waals surface area (Å²) in [6, 6.07) is -0.557. The van der Waals surface area contributed by atoms with Gasteiger partial charge in [-0.3, -0.25) is 14.7 Å². The van der Waals surface area contributed by atoms with Crippen LogP contribution in [0.15, 0.2) is 0 Å². The number of anilines is 1. The third-order valence-electron chi connectivity index (χ3n) is 2.80. The lowest BCUT2D eigenvalue weighted by Gasteiger charge is -2.20. The highest BCUT2D eigenvalue weighted by molar-refractivity contribution is 5.96. The predicted octanol–water partition coefficient (Wildman–Crippen LogP) is 1.13. The van der Waals surface area contributed by atoms with Crippen molar-refractivity contribution in [1.29, 1.82) is 0 Å². The number of hydrogen-bond donors (Lipinski definition) is 3. The van der Waals surface area contributed by atoms with Crippen molar-refractivity contribution in [3.8, 4) is 0 Å². The van der Waals surface area contributed by atoms with Crippen LogP contribution in [0.4, 0.5) is 5.82 Å². The lowest BCUT2D eigenvalue weighted by molar-refractivity contribution is -0.126. The molecule has 0 aliphatic rings. The van der Waals surface area contributed by atoms with Gasteiger partial charge in [-0.25, -0.2) is 0 Å². The first-order chi connectivity index (χ1) is 8.32. The smallest absolute Gasteiger partial charge is 0.248 e. The van der Waals surface area contributed by atoms with E-state index in [1.54, 1.807) is 0 Å². The molecule has 100 valence electrons. The summed E-state index contributed by atoms with van der Waals surface area (Å²) in [6.45, 7) is 8.90. The second-order valence-corrected chi connectivity index (χ2v) is 4.73. The summed E-state index contributed by atoms with van der Waals surface area (Å²) in [6.07, 6.45) is 0. The summed E-state index contributed by atoms with van der Waals surface area (Å²) in [5, 5.41) is 12.2. The van der Waals surface area contributed by atoms with Crippen molar-refractivity contribution in [3.63, 3.8) is 0 Å². The van der Waals surface area contributed by atoms with E-state index in [2.05, 4.69) is 20.8 Å². The molecule has 1 atom stereocenters. The Balaban J connectivity index is 2.79. The molecule has 2 amide bonds. The second-order valence-electron chi connectivity index (χ2n) is 4.73. The lowest BCUT2D eigenvalue weighted by Crippen LogP contribution is -2.46. The molecule has 0 radical (unpaired) electrons. The highest BCUT2D eigenvalue weighted by Gasteiger charge is 2.24. The van der Waals surface area contributed by atoms with Crippen LogP contribution < -0.4 is 10.6 Å². The molecule has 1 unspecified atom stereocenters. The third kappa shape index (κ3) is 3.32. The van der Waals surface area contributed by atoms with Crippen molar-refractivity contribution >= 4 is 17.6 Å². The quantitative estimate of drug-likeness (QED) is 0.750. The van der Waals surface area contributed by atoms with Crippen LogP contribution in [-0.4, -0.2) is 28.1 Å². The number of aromatic amines is 1. The average molecular weight is 252 g/mol. The molecule has 0 aliphatic heterocycles. The van der Waals surface area contributed by atoms with Gasteiger partial charge in [0.05, 0.1) is 0 Å². The predicted molar refractivity (Wildman–Crippen MR) is 69.1 cm³/mol. The molecule has 6 nitrogen and oxygen atoms in total. The fraction of sp³-hybridized carbons (Fsp3) is 0.583. The molecule has 6 heteroatoms. The summed E-state index contributed by atoms with van der Waals surface area (Å²) in [4.78, 5) is 23.1. The number of amides is 2. The van der Waals surface area contributed by atoms with Gasteiger partial charge in [-0.2, -0.15) is 5.10 Å². The van der Waals surface area contributed by atoms with E-state index in [0.717, 1.165) is 11.3 Å². The molecule has 0 aromatic carbocycles. The molecular formula is C12H20N4O2. The number of aromatic nitrogens is 2. The maximum absolute atomic E-state index is 12.1. The number of nitrogens with zero attached hydrogens (tertiary/aromatic N) is 1. The lowest BCUT2D eigenvalue weighted by atomic mass is 10.0. The number of nitrogens with one attached hydrogen (secondary N) is 3. The van der Waals surface area contributed by atoms with Gasteiger partial charge in [0.2, 0.25) is 11.8 Å². The third-order valence-corrected chi connectivity index (χ3v) is 2.80. The zero-order chi connectivity index (χ0) is 13.9. The standard InChI is InChI=1S/C12H20N4O2/c1-6(2)10(13-9(5)17)12(18)14-11-7(3)8(4)15-16-11/h6,10H,1-5H3,(H,13,17)(H2,14,15,16,18). The number of rotatable bonds is 4. The van der Waals surface area contributed by atoms with Gasteiger partial charge in [-0.15, -0.1) is 0 Å². The Morgan fingerprint density at radius 3 is 2.28 bits per heavy atom. The molecule has 18 heavy (non-hydrogen) atoms. The van der Waals surface area contributed by atoms with Gasteiger partial charge < -0.3 is 10.6 Å². The molecule has 0 saturated carbocycles. The normalized spacial score (nSPS) is 12.3. The summed E-state index contributed by atoms with van der Waals surface area (Å²) in [5.41, 5.74) is 1.81. The fourth-order valence-electron chi connectivity index (χ4n) is 1.56. The van der Waals surface area contributed by atoms with Crippen LogP contribution >= 0.6 is 0 Å². The second kappa shape index (κ2) is 5.66. The highest BCUT2D eigenvalue weighted by Crippen LogP contribution is 2.15. The number of aryl methyl sites for hydroxylation is 1. The first kappa shape index (κ1) is 14.2. The molecule has 3 N–H and O–H groups in total. The summed E-state index contributed by atoms with van der Waals surface area (Å²) in [7, 11) is 0. The minimum atomic E-state index is -0.557. The Kier molecular flexibility index (Phi) is 4.47. The molecule has 1 aromatic heterocycles. The van der Waals surface area contributed by atoms with Gasteiger partial charge in [0.15, 0.2) is 5.82 Å². The van der Waals surface area contributed by atoms with Crippen molar-refractivity contribution in [2.24, 2.45) is 5.92 Å². The molecule has 0 spiro atoms. The number of carbonyl (C=O) groups excluding carboxylic acids is 2. The molecular weight excluding hydrogens is 232 g/mol. The molecule has 1 rings (SSSR count). The largest absolute Gasteiger partial charge is 0.344 e. The maximum Gasteiger partial charge on any atom is 0.248 e. The zero-order valence-electron chi connectivity index (χ0n) is 11.4. The van der Waals surface area contributed by atoms with E-state index in [-0.39, 0.29) is 17.7 Å². The van der Waals surface area contributed by atoms with Gasteiger partial charge in [0.1, 0.15) is 6.04 Å². The van der Waals surface area contributed by atoms with Crippen LogP contribution in [0.1, 0.15) is 32.0 Å². The van der Waals surface area contributed by atoms with Crippen molar-refractivity contribution in [2.45, 2.75) is 40.7 Å². The topological polar surface area (TPSA) is 86.9 Å². The molecule has 1 aromatic rings. The Bertz CT molecular complexity index is 451. The Hall–Kier alpha value is -1.85. The van der Waals surface area contributed by atoms with Crippen LogP contribution in [-0.2, 0) is 9.59 Å². The Morgan fingerprint density at radius 2 is 1.89 bits per heavy atom. The first-order valence-corrected chi connectivity index (χ1v) is 5.92. The molecule has 0 saturated heterocycles. The van der Waals surface area contributed by atoms with Crippen molar-refractivity contribution in [3.05, 3.63) is 11.3 Å². The van der Waals surface area contributed by atoms with E-state index in [9.17, 15) is 9.59 Å². The molecule has 0 fully saturated rings. The highest BCUT2D eigenvalue weighted by atomic mass is 16.2. The molecule has 0 aliphatic carbocycles. The van der Waals surface area contributed by atoms with Crippen LogP contribution in [0.3, 0.4) is 0 Å². The number of carbonyl (C=O) groups is 2. The molecule has 1 heterocycles. The Morgan fingerprint density at radius 1 is 1.28 bits per heavy atom. The number of H-pyrrole nitrogens is 1. The Labute approximate surface area is 107 Å². The van der Waals surface area contributed by atoms with Gasteiger partial charge in [0, 0.05) is 18.2 Å². The monoisotopic (exact) mass is 252 g/mol. The van der Waals surface area contributed by atoms with E-state index in [4.69, 9.17) is 0 Å². The van der Waals surface area contributed by atoms with Crippen LogP contribution in [0.5, 0.6) is 0 Å². The number of hydrogen-bond acceptors (Lipinski definition) is 3. The first-order valence-electron chi connectivity index (χ1n) is 5.92. The van der Waals surface area contributed by atoms with E-state index in [1.165, 1.54) is 6.92 Å². The summed E-state index contributed by atoms with van der Waals surface area (Å²) >= 11 is 0. The van der Waals surface area contributed by atoms with Gasteiger partial charge in [-0.1, -0.05) is 13.8 Å². The summed E-state index contributed by atoms with van der Waals surface area (Å²) in [5.74, 6) is 0.0383. The molecule has 0 bridgehead atoms. The van der Waals surface area contributed by atoms with Crippen LogP contribution in [0.25, 0.3) is 0 Å². The van der Waals surface area contributed by atoms with Crippen molar-refractivity contribution < 1.29 is 9.59 Å². The summed E-state index contributed by atoms with van der Waals surface area (Å²) < 4.78 is 0. The average Bonchev–Trinajstić information content (AvgIpc) is 2.57.